The molecule has 1 atom stereocenters. The summed E-state index contributed by atoms with van der Waals surface area (Å²) in [7, 11) is 0. The summed E-state index contributed by atoms with van der Waals surface area (Å²) in [4.78, 5) is 11.5. The second kappa shape index (κ2) is 6.28. The molecule has 0 saturated heterocycles. The highest BCUT2D eigenvalue weighted by Crippen LogP contribution is 2.09. The normalized spacial score (nSPS) is 12.2. The Hall–Kier alpha value is -1.35. The average molecular weight is 220 g/mol. The zero-order valence-corrected chi connectivity index (χ0v) is 9.99. The molecule has 3 N–H and O–H groups in total. The van der Waals surface area contributed by atoms with Gasteiger partial charge in [-0.3, -0.25) is 4.79 Å². The lowest BCUT2D eigenvalue weighted by Gasteiger charge is -2.06. The molecular formula is C13H20N2O. The van der Waals surface area contributed by atoms with Crippen LogP contribution < -0.4 is 11.1 Å². The molecular weight excluding hydrogens is 200 g/mol. The molecule has 16 heavy (non-hydrogen) atoms. The summed E-state index contributed by atoms with van der Waals surface area (Å²) in [5, 5.41) is 2.86. The van der Waals surface area contributed by atoms with Gasteiger partial charge in [-0.05, 0) is 38.8 Å². The van der Waals surface area contributed by atoms with Gasteiger partial charge in [-0.15, -0.1) is 0 Å². The van der Waals surface area contributed by atoms with Crippen LogP contribution in [0.15, 0.2) is 24.3 Å². The fourth-order valence-electron chi connectivity index (χ4n) is 1.44. The Morgan fingerprint density at radius 1 is 1.38 bits per heavy atom. The highest BCUT2D eigenvalue weighted by molar-refractivity contribution is 5.90. The first-order valence-electron chi connectivity index (χ1n) is 5.70. The third kappa shape index (κ3) is 4.94. The molecule has 0 radical (unpaired) electrons. The van der Waals surface area contributed by atoms with E-state index in [-0.39, 0.29) is 11.9 Å². The first-order chi connectivity index (χ1) is 7.58. The largest absolute Gasteiger partial charge is 0.328 e. The number of benzene rings is 1. The number of nitrogens with two attached hydrogens (primary N) is 1. The van der Waals surface area contributed by atoms with Gasteiger partial charge in [-0.1, -0.05) is 17.7 Å². The predicted molar refractivity (Wildman–Crippen MR) is 67.3 cm³/mol. The van der Waals surface area contributed by atoms with Gasteiger partial charge >= 0.3 is 0 Å². The number of hydrogen-bond acceptors (Lipinski definition) is 2. The summed E-state index contributed by atoms with van der Waals surface area (Å²) in [6.45, 7) is 3.98. The molecule has 0 aliphatic heterocycles. The maximum atomic E-state index is 11.5. The van der Waals surface area contributed by atoms with Crippen LogP contribution in [0.3, 0.4) is 0 Å². The molecule has 88 valence electrons. The minimum absolute atomic E-state index is 0.0597. The van der Waals surface area contributed by atoms with Crippen LogP contribution in [0.25, 0.3) is 0 Å². The summed E-state index contributed by atoms with van der Waals surface area (Å²) < 4.78 is 0. The molecule has 0 heterocycles. The van der Waals surface area contributed by atoms with Crippen LogP contribution in [0.5, 0.6) is 0 Å². The number of carbonyl (C=O) groups excluding carboxylic acids is 1. The molecule has 0 aromatic heterocycles. The highest BCUT2D eigenvalue weighted by Gasteiger charge is 2.02. The van der Waals surface area contributed by atoms with E-state index in [1.165, 1.54) is 5.56 Å². The smallest absolute Gasteiger partial charge is 0.224 e. The minimum Gasteiger partial charge on any atom is -0.328 e. The molecule has 1 amide bonds. The van der Waals surface area contributed by atoms with Gasteiger partial charge in [0.05, 0.1) is 0 Å². The van der Waals surface area contributed by atoms with Crippen molar-refractivity contribution in [2.75, 3.05) is 5.32 Å². The Morgan fingerprint density at radius 2 is 2.00 bits per heavy atom. The number of hydrogen-bond donors (Lipinski definition) is 2. The third-order valence-electron chi connectivity index (χ3n) is 2.40. The van der Waals surface area contributed by atoms with Crippen molar-refractivity contribution in [3.63, 3.8) is 0 Å². The predicted octanol–water partition coefficient (Wildman–Crippen LogP) is 2.45. The van der Waals surface area contributed by atoms with Crippen LogP contribution in [-0.4, -0.2) is 11.9 Å². The van der Waals surface area contributed by atoms with E-state index in [0.29, 0.717) is 6.42 Å². The number of aryl methyl sites for hydroxylation is 1. The lowest BCUT2D eigenvalue weighted by Crippen LogP contribution is -2.16. The van der Waals surface area contributed by atoms with E-state index >= 15 is 0 Å². The molecule has 1 aromatic carbocycles. The van der Waals surface area contributed by atoms with Crippen molar-refractivity contribution in [2.24, 2.45) is 5.73 Å². The Balaban J connectivity index is 2.31. The molecule has 1 rings (SSSR count). The summed E-state index contributed by atoms with van der Waals surface area (Å²) in [5.74, 6) is 0.0597. The number of anilines is 1. The number of carbonyl (C=O) groups is 1. The van der Waals surface area contributed by atoms with Crippen LogP contribution in [0, 0.1) is 6.92 Å². The van der Waals surface area contributed by atoms with Gasteiger partial charge in [0.15, 0.2) is 0 Å². The van der Waals surface area contributed by atoms with Gasteiger partial charge in [0.1, 0.15) is 0 Å². The molecule has 1 aromatic rings. The standard InChI is InChI=1S/C13H20N2O/c1-10-6-8-12(9-7-10)15-13(16)5-3-4-11(2)14/h6-9,11H,3-5,14H2,1-2H3,(H,15,16). The van der Waals surface area contributed by atoms with Crippen LogP contribution in [0.1, 0.15) is 31.7 Å². The maximum absolute atomic E-state index is 11.5. The van der Waals surface area contributed by atoms with E-state index in [2.05, 4.69) is 5.32 Å². The van der Waals surface area contributed by atoms with E-state index in [9.17, 15) is 4.79 Å². The Morgan fingerprint density at radius 3 is 2.56 bits per heavy atom. The van der Waals surface area contributed by atoms with Crippen LogP contribution >= 0.6 is 0 Å². The molecule has 0 spiro atoms. The lowest BCUT2D eigenvalue weighted by atomic mass is 10.1. The maximum Gasteiger partial charge on any atom is 0.224 e. The molecule has 1 unspecified atom stereocenters. The zero-order chi connectivity index (χ0) is 12.0. The fourth-order valence-corrected chi connectivity index (χ4v) is 1.44. The second-order valence-electron chi connectivity index (χ2n) is 4.28. The lowest BCUT2D eigenvalue weighted by molar-refractivity contribution is -0.116. The molecule has 0 aliphatic rings. The molecule has 0 bridgehead atoms. The second-order valence-corrected chi connectivity index (χ2v) is 4.28. The van der Waals surface area contributed by atoms with Crippen molar-refractivity contribution in [3.8, 4) is 0 Å². The minimum atomic E-state index is 0.0597. The van der Waals surface area contributed by atoms with E-state index in [1.807, 2.05) is 38.1 Å². The average Bonchev–Trinajstić information content (AvgIpc) is 2.21. The summed E-state index contributed by atoms with van der Waals surface area (Å²) in [6, 6.07) is 7.97. The van der Waals surface area contributed by atoms with Gasteiger partial charge in [-0.2, -0.15) is 0 Å². The molecule has 3 nitrogen and oxygen atoms in total. The SMILES string of the molecule is Cc1ccc(NC(=O)CCCC(C)N)cc1. The van der Waals surface area contributed by atoms with E-state index < -0.39 is 0 Å². The Bertz CT molecular complexity index is 330. The van der Waals surface area contributed by atoms with Crippen molar-refractivity contribution >= 4 is 11.6 Å². The fraction of sp³-hybridized carbons (Fsp3) is 0.462. The van der Waals surface area contributed by atoms with E-state index in [1.54, 1.807) is 0 Å². The van der Waals surface area contributed by atoms with E-state index in [0.717, 1.165) is 18.5 Å². The summed E-state index contributed by atoms with van der Waals surface area (Å²) >= 11 is 0. The van der Waals surface area contributed by atoms with Gasteiger partial charge < -0.3 is 11.1 Å². The molecule has 0 saturated carbocycles. The van der Waals surface area contributed by atoms with Crippen LogP contribution in [0.4, 0.5) is 5.69 Å². The summed E-state index contributed by atoms with van der Waals surface area (Å²) in [6.07, 6.45) is 2.27. The van der Waals surface area contributed by atoms with Crippen molar-refractivity contribution in [3.05, 3.63) is 29.8 Å². The molecule has 0 fully saturated rings. The topological polar surface area (TPSA) is 55.1 Å². The third-order valence-corrected chi connectivity index (χ3v) is 2.40. The Kier molecular flexibility index (Phi) is 4.99. The first kappa shape index (κ1) is 12.7. The van der Waals surface area contributed by atoms with Crippen molar-refractivity contribution < 1.29 is 4.79 Å². The quantitative estimate of drug-likeness (QED) is 0.800. The first-order valence-corrected chi connectivity index (χ1v) is 5.70. The van der Waals surface area contributed by atoms with Crippen LogP contribution in [-0.2, 0) is 4.79 Å². The number of amides is 1. The number of nitrogens with one attached hydrogen (secondary N) is 1. The van der Waals surface area contributed by atoms with Crippen molar-refractivity contribution in [2.45, 2.75) is 39.2 Å². The number of rotatable bonds is 5. The van der Waals surface area contributed by atoms with Gasteiger partial charge in [0.2, 0.25) is 5.91 Å². The molecule has 0 aliphatic carbocycles. The van der Waals surface area contributed by atoms with Crippen molar-refractivity contribution in [1.82, 2.24) is 0 Å². The van der Waals surface area contributed by atoms with Gasteiger partial charge in [0, 0.05) is 18.2 Å². The van der Waals surface area contributed by atoms with Crippen molar-refractivity contribution in [1.29, 1.82) is 0 Å². The zero-order valence-electron chi connectivity index (χ0n) is 9.99. The van der Waals surface area contributed by atoms with E-state index in [4.69, 9.17) is 5.73 Å². The Labute approximate surface area is 97.0 Å². The monoisotopic (exact) mass is 220 g/mol. The molecule has 3 heteroatoms. The van der Waals surface area contributed by atoms with Crippen LogP contribution in [0.2, 0.25) is 0 Å². The summed E-state index contributed by atoms with van der Waals surface area (Å²) in [5.41, 5.74) is 7.66. The van der Waals surface area contributed by atoms with Gasteiger partial charge in [-0.25, -0.2) is 0 Å². The van der Waals surface area contributed by atoms with Gasteiger partial charge in [0.25, 0.3) is 0 Å². The highest BCUT2D eigenvalue weighted by atomic mass is 16.1.